The summed E-state index contributed by atoms with van der Waals surface area (Å²) in [6, 6.07) is 4.06. The third-order valence-electron chi connectivity index (χ3n) is 2.70. The fourth-order valence-electron chi connectivity index (χ4n) is 1.55. The molecule has 104 valence electrons. The van der Waals surface area contributed by atoms with E-state index in [1.165, 1.54) is 18.2 Å². The predicted octanol–water partition coefficient (Wildman–Crippen LogP) is 1.55. The van der Waals surface area contributed by atoms with Crippen molar-refractivity contribution < 1.29 is 23.1 Å². The number of carboxylic acids is 1. The molecule has 2 N–H and O–H groups in total. The Balaban J connectivity index is 2.25. The van der Waals surface area contributed by atoms with E-state index in [4.69, 9.17) is 9.84 Å². The summed E-state index contributed by atoms with van der Waals surface area (Å²) in [4.78, 5) is 10.9. The van der Waals surface area contributed by atoms with Gasteiger partial charge < -0.3 is 9.84 Å². The number of carbonyl (C=O) groups is 1. The molecule has 0 amide bonds. The molecule has 19 heavy (non-hydrogen) atoms. The molecule has 0 spiro atoms. The lowest BCUT2D eigenvalue weighted by atomic mass is 10.2. The van der Waals surface area contributed by atoms with E-state index in [-0.39, 0.29) is 17.0 Å². The van der Waals surface area contributed by atoms with Crippen molar-refractivity contribution in [2.24, 2.45) is 5.92 Å². The average molecular weight is 285 g/mol. The Hall–Kier alpha value is -1.76. The average Bonchev–Trinajstić information content (AvgIpc) is 3.09. The largest absolute Gasteiger partial charge is 0.491 e. The highest BCUT2D eigenvalue weighted by molar-refractivity contribution is 7.92. The van der Waals surface area contributed by atoms with Crippen LogP contribution in [0.1, 0.15) is 23.2 Å². The van der Waals surface area contributed by atoms with E-state index < -0.39 is 16.0 Å². The van der Waals surface area contributed by atoms with E-state index in [0.717, 1.165) is 19.1 Å². The summed E-state index contributed by atoms with van der Waals surface area (Å²) in [7, 11) is -3.43. The van der Waals surface area contributed by atoms with Crippen molar-refractivity contribution >= 4 is 21.7 Å². The molecule has 0 aromatic heterocycles. The zero-order valence-electron chi connectivity index (χ0n) is 10.4. The molecule has 6 nitrogen and oxygen atoms in total. The second kappa shape index (κ2) is 5.08. The van der Waals surface area contributed by atoms with Gasteiger partial charge in [0.25, 0.3) is 0 Å². The number of rotatable bonds is 6. The fraction of sp³-hybridized carbons (Fsp3) is 0.417. The molecule has 1 fully saturated rings. The first-order chi connectivity index (χ1) is 8.85. The molecule has 2 rings (SSSR count). The monoisotopic (exact) mass is 285 g/mol. The maximum atomic E-state index is 11.2. The van der Waals surface area contributed by atoms with E-state index in [0.29, 0.717) is 12.5 Å². The van der Waals surface area contributed by atoms with Crippen LogP contribution in [0.25, 0.3) is 0 Å². The SMILES string of the molecule is CS(=O)(=O)Nc1ccc(C(=O)O)cc1OCC1CC1. The molecule has 0 heterocycles. The number of benzene rings is 1. The standard InChI is InChI=1S/C12H15NO5S/c1-19(16,17)13-10-5-4-9(12(14)15)6-11(10)18-7-8-2-3-8/h4-6,8,13H,2-3,7H2,1H3,(H,14,15). The Morgan fingerprint density at radius 2 is 2.16 bits per heavy atom. The first-order valence-electron chi connectivity index (χ1n) is 5.83. The number of hydrogen-bond donors (Lipinski definition) is 2. The van der Waals surface area contributed by atoms with Crippen molar-refractivity contribution in [3.05, 3.63) is 23.8 Å². The van der Waals surface area contributed by atoms with Crippen molar-refractivity contribution in [3.63, 3.8) is 0 Å². The summed E-state index contributed by atoms with van der Waals surface area (Å²) >= 11 is 0. The normalized spacial score (nSPS) is 15.0. The number of sulfonamides is 1. The Kier molecular flexibility index (Phi) is 3.66. The molecule has 1 aromatic rings. The van der Waals surface area contributed by atoms with Crippen LogP contribution in [0.4, 0.5) is 5.69 Å². The lowest BCUT2D eigenvalue weighted by Crippen LogP contribution is -2.12. The summed E-state index contributed by atoms with van der Waals surface area (Å²) in [5, 5.41) is 8.93. The number of aromatic carboxylic acids is 1. The van der Waals surface area contributed by atoms with Crippen molar-refractivity contribution in [2.45, 2.75) is 12.8 Å². The summed E-state index contributed by atoms with van der Waals surface area (Å²) in [6.45, 7) is 0.474. The van der Waals surface area contributed by atoms with Gasteiger partial charge >= 0.3 is 5.97 Å². The van der Waals surface area contributed by atoms with Crippen molar-refractivity contribution in [1.82, 2.24) is 0 Å². The van der Waals surface area contributed by atoms with Gasteiger partial charge in [-0.05, 0) is 37.0 Å². The van der Waals surface area contributed by atoms with Crippen LogP contribution >= 0.6 is 0 Å². The molecular formula is C12H15NO5S. The Morgan fingerprint density at radius 3 is 2.68 bits per heavy atom. The van der Waals surface area contributed by atoms with Gasteiger partial charge in [0.15, 0.2) is 0 Å². The first kappa shape index (κ1) is 13.7. The number of ether oxygens (including phenoxy) is 1. The number of nitrogens with one attached hydrogen (secondary N) is 1. The molecular weight excluding hydrogens is 270 g/mol. The van der Waals surface area contributed by atoms with E-state index in [1.54, 1.807) is 0 Å². The highest BCUT2D eigenvalue weighted by Gasteiger charge is 2.23. The number of carboxylic acid groups (broad SMARTS) is 1. The molecule has 1 aromatic carbocycles. The molecule has 7 heteroatoms. The van der Waals surface area contributed by atoms with E-state index in [2.05, 4.69) is 4.72 Å². The highest BCUT2D eigenvalue weighted by atomic mass is 32.2. The Morgan fingerprint density at radius 1 is 1.47 bits per heavy atom. The van der Waals surface area contributed by atoms with Gasteiger partial charge in [0.05, 0.1) is 24.1 Å². The van der Waals surface area contributed by atoms with Crippen molar-refractivity contribution in [3.8, 4) is 5.75 Å². The highest BCUT2D eigenvalue weighted by Crippen LogP contribution is 2.32. The fourth-order valence-corrected chi connectivity index (χ4v) is 2.12. The smallest absolute Gasteiger partial charge is 0.335 e. The predicted molar refractivity (Wildman–Crippen MR) is 70.1 cm³/mol. The lowest BCUT2D eigenvalue weighted by Gasteiger charge is -2.12. The van der Waals surface area contributed by atoms with Gasteiger partial charge in [-0.25, -0.2) is 13.2 Å². The van der Waals surface area contributed by atoms with Crippen molar-refractivity contribution in [1.29, 1.82) is 0 Å². The van der Waals surface area contributed by atoms with Crippen LogP contribution in [0.5, 0.6) is 5.75 Å². The Bertz CT molecular complexity index is 592. The summed E-state index contributed by atoms with van der Waals surface area (Å²) < 4.78 is 30.3. The second-order valence-electron chi connectivity index (χ2n) is 4.64. The van der Waals surface area contributed by atoms with Gasteiger partial charge in [0, 0.05) is 0 Å². The molecule has 1 aliphatic rings. The number of anilines is 1. The molecule has 1 saturated carbocycles. The lowest BCUT2D eigenvalue weighted by molar-refractivity contribution is 0.0696. The van der Waals surface area contributed by atoms with E-state index in [9.17, 15) is 13.2 Å². The second-order valence-corrected chi connectivity index (χ2v) is 6.39. The summed E-state index contributed by atoms with van der Waals surface area (Å²) in [6.07, 6.45) is 3.21. The molecule has 0 bridgehead atoms. The molecule has 0 aliphatic heterocycles. The minimum atomic E-state index is -3.43. The van der Waals surface area contributed by atoms with E-state index >= 15 is 0 Å². The molecule has 0 radical (unpaired) electrons. The van der Waals surface area contributed by atoms with Crippen molar-refractivity contribution in [2.75, 3.05) is 17.6 Å². The molecule has 0 unspecified atom stereocenters. The zero-order valence-corrected chi connectivity index (χ0v) is 11.2. The maximum absolute atomic E-state index is 11.2. The third kappa shape index (κ3) is 4.13. The minimum Gasteiger partial charge on any atom is -0.491 e. The van der Waals surface area contributed by atoms with Gasteiger partial charge in [-0.2, -0.15) is 0 Å². The van der Waals surface area contributed by atoms with Crippen LogP contribution in [0.15, 0.2) is 18.2 Å². The van der Waals surface area contributed by atoms with Crippen LogP contribution in [0.2, 0.25) is 0 Å². The van der Waals surface area contributed by atoms with Gasteiger partial charge in [-0.3, -0.25) is 4.72 Å². The number of hydrogen-bond acceptors (Lipinski definition) is 4. The zero-order chi connectivity index (χ0) is 14.0. The van der Waals surface area contributed by atoms with Gasteiger partial charge in [0.2, 0.25) is 10.0 Å². The summed E-state index contributed by atoms with van der Waals surface area (Å²) in [5.74, 6) is -0.348. The topological polar surface area (TPSA) is 92.7 Å². The Labute approximate surface area is 111 Å². The summed E-state index contributed by atoms with van der Waals surface area (Å²) in [5.41, 5.74) is 0.318. The van der Waals surface area contributed by atoms with Crippen LogP contribution in [-0.4, -0.2) is 32.4 Å². The van der Waals surface area contributed by atoms with Crippen LogP contribution < -0.4 is 9.46 Å². The van der Waals surface area contributed by atoms with Gasteiger partial charge in [-0.1, -0.05) is 0 Å². The van der Waals surface area contributed by atoms with Gasteiger partial charge in [0.1, 0.15) is 5.75 Å². The molecule has 1 aliphatic carbocycles. The maximum Gasteiger partial charge on any atom is 0.335 e. The molecule has 0 saturated heterocycles. The van der Waals surface area contributed by atoms with Crippen LogP contribution in [-0.2, 0) is 10.0 Å². The first-order valence-corrected chi connectivity index (χ1v) is 7.72. The molecule has 0 atom stereocenters. The van der Waals surface area contributed by atoms with E-state index in [1.807, 2.05) is 0 Å². The minimum absolute atomic E-state index is 0.0600. The quantitative estimate of drug-likeness (QED) is 0.827. The van der Waals surface area contributed by atoms with Gasteiger partial charge in [-0.15, -0.1) is 0 Å². The third-order valence-corrected chi connectivity index (χ3v) is 3.29. The van der Waals surface area contributed by atoms with Crippen LogP contribution in [0, 0.1) is 5.92 Å². The van der Waals surface area contributed by atoms with Crippen LogP contribution in [0.3, 0.4) is 0 Å².